The van der Waals surface area contributed by atoms with Crippen LogP contribution in [0.15, 0.2) is 122 Å². The fourth-order valence-electron chi connectivity index (χ4n) is 8.34. The first kappa shape index (κ1) is 70.8. The number of esters is 3. The lowest BCUT2D eigenvalue weighted by molar-refractivity contribution is -0.166. The smallest absolute Gasteiger partial charge is 0.306 e. The molecule has 6 heteroatoms. The quantitative estimate of drug-likeness (QED) is 0.0261. The largest absolute Gasteiger partial charge is 0.462 e. The van der Waals surface area contributed by atoms with Crippen molar-refractivity contribution in [2.24, 2.45) is 0 Å². The van der Waals surface area contributed by atoms with Crippen molar-refractivity contribution in [3.05, 3.63) is 122 Å². The number of hydrogen-bond donors (Lipinski definition) is 0. The molecule has 0 N–H and O–H groups in total. The molecule has 0 aromatic heterocycles. The molecule has 0 aromatic carbocycles. The van der Waals surface area contributed by atoms with Crippen molar-refractivity contribution in [3.63, 3.8) is 0 Å². The fraction of sp³-hybridized carbons (Fsp3) is 0.667. The zero-order valence-corrected chi connectivity index (χ0v) is 48.8. The molecule has 0 radical (unpaired) electrons. The third-order valence-electron chi connectivity index (χ3n) is 13.0. The highest BCUT2D eigenvalue weighted by molar-refractivity contribution is 5.71. The van der Waals surface area contributed by atoms with Crippen LogP contribution < -0.4 is 0 Å². The molecule has 0 aliphatic rings. The summed E-state index contributed by atoms with van der Waals surface area (Å²) >= 11 is 0. The maximum atomic E-state index is 12.9. The lowest BCUT2D eigenvalue weighted by Crippen LogP contribution is -2.30. The van der Waals surface area contributed by atoms with Gasteiger partial charge in [0.15, 0.2) is 6.10 Å². The molecular formula is C69H114O6. The predicted octanol–water partition coefficient (Wildman–Crippen LogP) is 21.2. The SMILES string of the molecule is CC/C=C\C/C=C\C/C=C\C/C=C\C/C=C\C/C=C\CCC(=O)O[C@H](COC(=O)CCC/C=C\C/C=C\C/C=C\C/C=C\CCCCC)COC(=O)CCCCCCCCCCCCCCCCCCCCCCC. The molecule has 0 rings (SSSR count). The number of unbranched alkanes of at least 4 members (excludes halogenated alkanes) is 24. The zero-order chi connectivity index (χ0) is 54.3. The van der Waals surface area contributed by atoms with Crippen molar-refractivity contribution < 1.29 is 28.6 Å². The van der Waals surface area contributed by atoms with E-state index in [4.69, 9.17) is 14.2 Å². The first-order valence-electron chi connectivity index (χ1n) is 31.0. The molecule has 0 aliphatic heterocycles. The molecule has 0 saturated heterocycles. The molecule has 0 bridgehead atoms. The molecule has 0 amide bonds. The van der Waals surface area contributed by atoms with Crippen LogP contribution in [0.25, 0.3) is 0 Å². The van der Waals surface area contributed by atoms with Gasteiger partial charge in [0.05, 0.1) is 0 Å². The molecule has 0 aliphatic carbocycles. The topological polar surface area (TPSA) is 78.9 Å². The van der Waals surface area contributed by atoms with Crippen molar-refractivity contribution in [1.82, 2.24) is 0 Å². The van der Waals surface area contributed by atoms with Gasteiger partial charge in [0.25, 0.3) is 0 Å². The second kappa shape index (κ2) is 62.4. The number of rotatable bonds is 55. The number of carbonyl (C=O) groups is 3. The summed E-state index contributed by atoms with van der Waals surface area (Å²) in [4.78, 5) is 38.2. The van der Waals surface area contributed by atoms with Crippen molar-refractivity contribution >= 4 is 17.9 Å². The Bertz CT molecular complexity index is 1570. The predicted molar refractivity (Wildman–Crippen MR) is 325 cm³/mol. The Labute approximate surface area is 462 Å². The second-order valence-electron chi connectivity index (χ2n) is 20.2. The lowest BCUT2D eigenvalue weighted by Gasteiger charge is -2.18. The Hall–Kier alpha value is -4.19. The summed E-state index contributed by atoms with van der Waals surface area (Å²) < 4.78 is 16.8. The van der Waals surface area contributed by atoms with E-state index in [-0.39, 0.29) is 38.0 Å². The molecule has 0 saturated carbocycles. The number of ether oxygens (including phenoxy) is 3. The van der Waals surface area contributed by atoms with Crippen molar-refractivity contribution in [1.29, 1.82) is 0 Å². The first-order valence-corrected chi connectivity index (χ1v) is 31.0. The molecule has 0 unspecified atom stereocenters. The van der Waals surface area contributed by atoms with Gasteiger partial charge in [0.2, 0.25) is 0 Å². The van der Waals surface area contributed by atoms with E-state index < -0.39 is 12.1 Å². The summed E-state index contributed by atoms with van der Waals surface area (Å²) in [5.74, 6) is -1.07. The monoisotopic (exact) mass is 1040 g/mol. The molecule has 6 nitrogen and oxygen atoms in total. The van der Waals surface area contributed by atoms with Crippen LogP contribution in [0, 0.1) is 0 Å². The van der Waals surface area contributed by atoms with Crippen LogP contribution in [-0.2, 0) is 28.6 Å². The van der Waals surface area contributed by atoms with E-state index in [2.05, 4.69) is 130 Å². The molecule has 75 heavy (non-hydrogen) atoms. The Morgan fingerprint density at radius 2 is 0.560 bits per heavy atom. The standard InChI is InChI=1S/C69H114O6/c1-4-7-10-13-16-19-22-25-28-31-33-34-36-38-41-44-47-50-53-56-59-62-68(71)74-65-66(64-73-67(70)61-58-55-52-49-46-43-40-37-30-27-24-21-18-15-12-9-6-3)75-69(72)63-60-57-54-51-48-45-42-39-35-32-29-26-23-20-17-14-11-8-5-2/h8,11,17-18,20-21,26-27,29-30,35,39-40,43,45,48-49,52,54,57,66H,4-7,9-10,12-16,19,22-25,28,31-34,36-38,41-42,44,46-47,50-51,53,55-56,58-65H2,1-3H3/b11-8-,20-17-,21-18-,29-26-,30-27-,39-35-,43-40-,48-45-,52-49-,57-54-/t66-/m1/s1. The van der Waals surface area contributed by atoms with Gasteiger partial charge in [0.1, 0.15) is 13.2 Å². The molecular weight excluding hydrogens is 925 g/mol. The van der Waals surface area contributed by atoms with Gasteiger partial charge in [-0.05, 0) is 96.3 Å². The summed E-state index contributed by atoms with van der Waals surface area (Å²) in [6.45, 7) is 6.41. The van der Waals surface area contributed by atoms with Gasteiger partial charge in [-0.3, -0.25) is 14.4 Å². The van der Waals surface area contributed by atoms with E-state index in [1.54, 1.807) is 0 Å². The highest BCUT2D eigenvalue weighted by Crippen LogP contribution is 2.16. The first-order chi connectivity index (χ1) is 37.0. The minimum absolute atomic E-state index is 0.126. The van der Waals surface area contributed by atoms with Crippen molar-refractivity contribution in [2.75, 3.05) is 13.2 Å². The van der Waals surface area contributed by atoms with Crippen molar-refractivity contribution in [3.8, 4) is 0 Å². The highest BCUT2D eigenvalue weighted by atomic mass is 16.6. The zero-order valence-electron chi connectivity index (χ0n) is 48.8. The van der Waals surface area contributed by atoms with Gasteiger partial charge in [-0.1, -0.05) is 284 Å². The average Bonchev–Trinajstić information content (AvgIpc) is 3.41. The molecule has 0 aromatic rings. The number of carbonyl (C=O) groups excluding carboxylic acids is 3. The van der Waals surface area contributed by atoms with Crippen molar-refractivity contribution in [2.45, 2.75) is 284 Å². The third-order valence-corrected chi connectivity index (χ3v) is 13.0. The van der Waals surface area contributed by atoms with Gasteiger partial charge in [-0.2, -0.15) is 0 Å². The molecule has 426 valence electrons. The van der Waals surface area contributed by atoms with Crippen LogP contribution in [-0.4, -0.2) is 37.2 Å². The Morgan fingerprint density at radius 1 is 0.280 bits per heavy atom. The van der Waals surface area contributed by atoms with E-state index >= 15 is 0 Å². The normalized spacial score (nSPS) is 12.9. The van der Waals surface area contributed by atoms with Crippen LogP contribution in [0.1, 0.15) is 278 Å². The number of hydrogen-bond acceptors (Lipinski definition) is 6. The van der Waals surface area contributed by atoms with Crippen LogP contribution in [0.2, 0.25) is 0 Å². The van der Waals surface area contributed by atoms with E-state index in [1.165, 1.54) is 141 Å². The van der Waals surface area contributed by atoms with Gasteiger partial charge < -0.3 is 14.2 Å². The Morgan fingerprint density at radius 3 is 0.920 bits per heavy atom. The van der Waals surface area contributed by atoms with Gasteiger partial charge >= 0.3 is 17.9 Å². The summed E-state index contributed by atoms with van der Waals surface area (Å²) in [5, 5.41) is 0. The van der Waals surface area contributed by atoms with E-state index in [0.29, 0.717) is 19.3 Å². The summed E-state index contributed by atoms with van der Waals surface area (Å²) in [5.41, 5.74) is 0. The van der Waals surface area contributed by atoms with E-state index in [0.717, 1.165) is 83.5 Å². The van der Waals surface area contributed by atoms with Crippen LogP contribution >= 0.6 is 0 Å². The van der Waals surface area contributed by atoms with Crippen LogP contribution in [0.3, 0.4) is 0 Å². The van der Waals surface area contributed by atoms with Gasteiger partial charge in [-0.15, -0.1) is 0 Å². The maximum Gasteiger partial charge on any atom is 0.306 e. The molecule has 0 heterocycles. The van der Waals surface area contributed by atoms with E-state index in [9.17, 15) is 14.4 Å². The Kier molecular flexibility index (Phi) is 58.9. The summed E-state index contributed by atoms with van der Waals surface area (Å²) in [6, 6.07) is 0. The van der Waals surface area contributed by atoms with E-state index in [1.807, 2.05) is 12.2 Å². The average molecular weight is 1040 g/mol. The highest BCUT2D eigenvalue weighted by Gasteiger charge is 2.19. The lowest BCUT2D eigenvalue weighted by atomic mass is 10.0. The summed E-state index contributed by atoms with van der Waals surface area (Å²) in [6.07, 6.45) is 86.5. The minimum Gasteiger partial charge on any atom is -0.462 e. The number of allylic oxidation sites excluding steroid dienone is 20. The molecule has 0 spiro atoms. The van der Waals surface area contributed by atoms with Crippen LogP contribution in [0.4, 0.5) is 0 Å². The third kappa shape index (κ3) is 60.6. The molecule has 1 atom stereocenters. The summed E-state index contributed by atoms with van der Waals surface area (Å²) in [7, 11) is 0. The fourth-order valence-corrected chi connectivity index (χ4v) is 8.34. The minimum atomic E-state index is -0.844. The van der Waals surface area contributed by atoms with Crippen LogP contribution in [0.5, 0.6) is 0 Å². The van der Waals surface area contributed by atoms with Gasteiger partial charge in [-0.25, -0.2) is 0 Å². The second-order valence-corrected chi connectivity index (χ2v) is 20.2. The maximum absolute atomic E-state index is 12.9. The molecule has 0 fully saturated rings. The Balaban J connectivity index is 4.54. The van der Waals surface area contributed by atoms with Gasteiger partial charge in [0, 0.05) is 19.3 Å².